The van der Waals surface area contributed by atoms with Crippen LogP contribution in [-0.4, -0.2) is 17.2 Å². The lowest BCUT2D eigenvalue weighted by Gasteiger charge is -2.15. The van der Waals surface area contributed by atoms with E-state index in [-0.39, 0.29) is 0 Å². The number of hydrogen-bond donors (Lipinski definition) is 1. The zero-order valence-corrected chi connectivity index (χ0v) is 10.2. The second kappa shape index (κ2) is 5.14. The first-order chi connectivity index (χ1) is 8.61. The van der Waals surface area contributed by atoms with Crippen molar-refractivity contribution in [1.29, 1.82) is 0 Å². The number of aryl methyl sites for hydroxylation is 1. The second-order valence-electron chi connectivity index (χ2n) is 4.08. The molecule has 3 nitrogen and oxygen atoms in total. The van der Waals surface area contributed by atoms with Gasteiger partial charge in [-0.15, -0.1) is 0 Å². The van der Waals surface area contributed by atoms with Crippen LogP contribution in [-0.2, 0) is 0 Å². The molecule has 0 spiro atoms. The second-order valence-corrected chi connectivity index (χ2v) is 4.08. The summed E-state index contributed by atoms with van der Waals surface area (Å²) in [5.74, 6) is 0.0378. The van der Waals surface area contributed by atoms with Crippen LogP contribution >= 0.6 is 0 Å². The molecule has 2 aromatic rings. The molecule has 0 fully saturated rings. The molecule has 0 aliphatic carbocycles. The van der Waals surface area contributed by atoms with E-state index in [1.807, 2.05) is 13.0 Å². The molecule has 1 aromatic carbocycles. The van der Waals surface area contributed by atoms with Crippen molar-refractivity contribution in [3.63, 3.8) is 0 Å². The predicted molar refractivity (Wildman–Crippen MR) is 66.0 cm³/mol. The maximum Gasteiger partial charge on any atom is 0.125 e. The molecule has 18 heavy (non-hydrogen) atoms. The minimum absolute atomic E-state index is 0.393. The molecular weight excluding hydrogens is 233 g/mol. The Bertz CT molecular complexity index is 557. The molecule has 1 atom stereocenters. The number of pyridine rings is 1. The van der Waals surface area contributed by atoms with Gasteiger partial charge in [-0.2, -0.15) is 0 Å². The molecule has 0 aliphatic rings. The Labute approximate surface area is 105 Å². The van der Waals surface area contributed by atoms with E-state index in [0.717, 1.165) is 5.56 Å². The molecule has 0 saturated carbocycles. The SMILES string of the molecule is COc1ccc(F)cc1C(O)c1cncc(C)c1. The fourth-order valence-electron chi connectivity index (χ4n) is 1.83. The summed E-state index contributed by atoms with van der Waals surface area (Å²) in [5.41, 5.74) is 1.94. The number of methoxy groups -OCH3 is 1. The smallest absolute Gasteiger partial charge is 0.125 e. The van der Waals surface area contributed by atoms with Crippen LogP contribution in [0.1, 0.15) is 22.8 Å². The molecule has 1 aromatic heterocycles. The lowest BCUT2D eigenvalue weighted by atomic mass is 10.0. The first-order valence-corrected chi connectivity index (χ1v) is 5.55. The molecule has 0 bridgehead atoms. The summed E-state index contributed by atoms with van der Waals surface area (Å²) in [6, 6.07) is 5.87. The van der Waals surface area contributed by atoms with Gasteiger partial charge < -0.3 is 9.84 Å². The fourth-order valence-corrected chi connectivity index (χ4v) is 1.83. The van der Waals surface area contributed by atoms with Crippen molar-refractivity contribution in [2.24, 2.45) is 0 Å². The lowest BCUT2D eigenvalue weighted by molar-refractivity contribution is 0.213. The van der Waals surface area contributed by atoms with Crippen LogP contribution in [0.5, 0.6) is 5.75 Å². The van der Waals surface area contributed by atoms with Crippen molar-refractivity contribution in [2.75, 3.05) is 7.11 Å². The molecule has 0 saturated heterocycles. The molecule has 94 valence electrons. The van der Waals surface area contributed by atoms with Crippen molar-refractivity contribution in [1.82, 2.24) is 4.98 Å². The van der Waals surface area contributed by atoms with Gasteiger partial charge >= 0.3 is 0 Å². The van der Waals surface area contributed by atoms with E-state index >= 15 is 0 Å². The molecule has 1 unspecified atom stereocenters. The number of hydrogen-bond acceptors (Lipinski definition) is 3. The Kier molecular flexibility index (Phi) is 3.58. The summed E-state index contributed by atoms with van der Waals surface area (Å²) in [5, 5.41) is 10.3. The van der Waals surface area contributed by atoms with Crippen LogP contribution in [0, 0.1) is 12.7 Å². The number of nitrogens with zero attached hydrogens (tertiary/aromatic N) is 1. The molecule has 4 heteroatoms. The van der Waals surface area contributed by atoms with Crippen LogP contribution in [0.25, 0.3) is 0 Å². The first kappa shape index (κ1) is 12.5. The highest BCUT2D eigenvalue weighted by atomic mass is 19.1. The Morgan fingerprint density at radius 2 is 2.06 bits per heavy atom. The zero-order valence-electron chi connectivity index (χ0n) is 10.2. The topological polar surface area (TPSA) is 42.4 Å². The number of rotatable bonds is 3. The molecular formula is C14H14FNO2. The van der Waals surface area contributed by atoms with Crippen LogP contribution in [0.15, 0.2) is 36.7 Å². The largest absolute Gasteiger partial charge is 0.496 e. The molecule has 2 rings (SSSR count). The maximum absolute atomic E-state index is 13.3. The highest BCUT2D eigenvalue weighted by Gasteiger charge is 2.16. The Morgan fingerprint density at radius 1 is 1.28 bits per heavy atom. The van der Waals surface area contributed by atoms with E-state index in [4.69, 9.17) is 4.74 Å². The minimum atomic E-state index is -0.956. The lowest BCUT2D eigenvalue weighted by Crippen LogP contribution is -2.04. The molecule has 0 amide bonds. The van der Waals surface area contributed by atoms with E-state index in [2.05, 4.69) is 4.98 Å². The van der Waals surface area contributed by atoms with Crippen molar-refractivity contribution in [3.8, 4) is 5.75 Å². The fraction of sp³-hybridized carbons (Fsp3) is 0.214. The number of benzene rings is 1. The van der Waals surface area contributed by atoms with E-state index in [1.54, 1.807) is 12.4 Å². The van der Waals surface area contributed by atoms with Gasteiger partial charge in [-0.25, -0.2) is 4.39 Å². The van der Waals surface area contributed by atoms with Gasteiger partial charge in [-0.3, -0.25) is 4.98 Å². The highest BCUT2D eigenvalue weighted by Crippen LogP contribution is 2.30. The average molecular weight is 247 g/mol. The summed E-state index contributed by atoms with van der Waals surface area (Å²) in [6.07, 6.45) is 2.30. The van der Waals surface area contributed by atoms with Crippen LogP contribution in [0.3, 0.4) is 0 Å². The average Bonchev–Trinajstić information content (AvgIpc) is 2.38. The third-order valence-corrected chi connectivity index (χ3v) is 2.70. The van der Waals surface area contributed by atoms with E-state index < -0.39 is 11.9 Å². The Hall–Kier alpha value is -1.94. The van der Waals surface area contributed by atoms with E-state index in [1.165, 1.54) is 25.3 Å². The van der Waals surface area contributed by atoms with Gasteiger partial charge in [0, 0.05) is 23.5 Å². The zero-order chi connectivity index (χ0) is 13.1. The number of ether oxygens (including phenoxy) is 1. The van der Waals surface area contributed by atoms with Gasteiger partial charge in [-0.05, 0) is 30.7 Å². The summed E-state index contributed by atoms with van der Waals surface area (Å²) in [6.45, 7) is 1.88. The van der Waals surface area contributed by atoms with E-state index in [0.29, 0.717) is 16.9 Å². The summed E-state index contributed by atoms with van der Waals surface area (Å²) in [4.78, 5) is 4.01. The molecule has 1 heterocycles. The van der Waals surface area contributed by atoms with Crippen molar-refractivity contribution >= 4 is 0 Å². The van der Waals surface area contributed by atoms with Gasteiger partial charge in [0.2, 0.25) is 0 Å². The summed E-state index contributed by atoms with van der Waals surface area (Å²) < 4.78 is 18.4. The van der Waals surface area contributed by atoms with Crippen LogP contribution in [0.4, 0.5) is 4.39 Å². The normalized spacial score (nSPS) is 12.2. The van der Waals surface area contributed by atoms with Crippen LogP contribution < -0.4 is 4.74 Å². The summed E-state index contributed by atoms with van der Waals surface area (Å²) >= 11 is 0. The first-order valence-electron chi connectivity index (χ1n) is 5.55. The van der Waals surface area contributed by atoms with Crippen molar-refractivity contribution < 1.29 is 14.2 Å². The standard InChI is InChI=1S/C14H14FNO2/c1-9-5-10(8-16-7-9)14(17)12-6-11(15)3-4-13(12)18-2/h3-8,14,17H,1-2H3. The van der Waals surface area contributed by atoms with Crippen molar-refractivity contribution in [3.05, 3.63) is 59.2 Å². The number of aliphatic hydroxyl groups excluding tert-OH is 1. The third kappa shape index (κ3) is 2.49. The summed E-state index contributed by atoms with van der Waals surface area (Å²) in [7, 11) is 1.48. The van der Waals surface area contributed by atoms with Crippen LogP contribution in [0.2, 0.25) is 0 Å². The monoisotopic (exact) mass is 247 g/mol. The van der Waals surface area contributed by atoms with Gasteiger partial charge in [0.25, 0.3) is 0 Å². The maximum atomic E-state index is 13.3. The van der Waals surface area contributed by atoms with E-state index in [9.17, 15) is 9.50 Å². The molecule has 0 aliphatic heterocycles. The quantitative estimate of drug-likeness (QED) is 0.906. The van der Waals surface area contributed by atoms with Gasteiger partial charge in [0.15, 0.2) is 0 Å². The minimum Gasteiger partial charge on any atom is -0.496 e. The molecule has 1 N–H and O–H groups in total. The number of aromatic nitrogens is 1. The van der Waals surface area contributed by atoms with Gasteiger partial charge in [0.05, 0.1) is 7.11 Å². The van der Waals surface area contributed by atoms with Gasteiger partial charge in [-0.1, -0.05) is 6.07 Å². The highest BCUT2D eigenvalue weighted by molar-refractivity contribution is 5.40. The molecule has 0 radical (unpaired) electrons. The predicted octanol–water partition coefficient (Wildman–Crippen LogP) is 2.62. The number of aliphatic hydroxyl groups is 1. The van der Waals surface area contributed by atoms with Crippen molar-refractivity contribution in [2.45, 2.75) is 13.0 Å². The van der Waals surface area contributed by atoms with Gasteiger partial charge in [0.1, 0.15) is 17.7 Å². The number of halogens is 1. The Morgan fingerprint density at radius 3 is 2.72 bits per heavy atom. The third-order valence-electron chi connectivity index (χ3n) is 2.70. The Balaban J connectivity index is 2.44.